The first kappa shape index (κ1) is 26.2. The SMILES string of the molecule is CC1=C[C@@H](CNC(=O)NCc2ccccc2)[C@H](C(C)C)C[C@H]1CC(=O)NCCN1CCOCC1. The Morgan fingerprint density at radius 1 is 1.09 bits per heavy atom. The van der Waals surface area contributed by atoms with Gasteiger partial charge in [-0.2, -0.15) is 0 Å². The Labute approximate surface area is 204 Å². The molecule has 0 radical (unpaired) electrons. The summed E-state index contributed by atoms with van der Waals surface area (Å²) in [4.78, 5) is 27.3. The number of rotatable bonds is 10. The molecular weight excluding hydrogens is 428 g/mol. The fraction of sp³-hybridized carbons (Fsp3) is 0.630. The van der Waals surface area contributed by atoms with Gasteiger partial charge in [0.05, 0.1) is 13.2 Å². The highest BCUT2D eigenvalue weighted by Gasteiger charge is 2.32. The Morgan fingerprint density at radius 3 is 2.53 bits per heavy atom. The molecule has 0 unspecified atom stereocenters. The predicted octanol–water partition coefficient (Wildman–Crippen LogP) is 3.18. The molecule has 0 spiro atoms. The van der Waals surface area contributed by atoms with Crippen LogP contribution >= 0.6 is 0 Å². The van der Waals surface area contributed by atoms with Crippen LogP contribution in [0.5, 0.6) is 0 Å². The Morgan fingerprint density at radius 2 is 1.82 bits per heavy atom. The molecule has 0 bridgehead atoms. The van der Waals surface area contributed by atoms with Crippen LogP contribution in [0.2, 0.25) is 0 Å². The van der Waals surface area contributed by atoms with Crippen molar-refractivity contribution >= 4 is 11.9 Å². The molecule has 1 aromatic carbocycles. The fourth-order valence-electron chi connectivity index (χ4n) is 5.03. The lowest BCUT2D eigenvalue weighted by molar-refractivity contribution is -0.122. The first-order valence-corrected chi connectivity index (χ1v) is 12.7. The number of amides is 3. The standard InChI is InChI=1S/C27H42N4O3/c1-20(2)25-16-23(17-26(32)28-9-10-31-11-13-34-14-12-31)21(3)15-24(25)19-30-27(33)29-18-22-7-5-4-6-8-22/h4-8,15,20,23-25H,9-14,16-19H2,1-3H3,(H,28,32)(H2,29,30,33)/t23-,24-,25-/m0/s1. The second kappa shape index (κ2) is 13.5. The third-order valence-electron chi connectivity index (χ3n) is 7.16. The number of carbonyl (C=O) groups is 2. The van der Waals surface area contributed by atoms with E-state index in [4.69, 9.17) is 4.74 Å². The number of hydrogen-bond acceptors (Lipinski definition) is 4. The molecule has 1 aromatic rings. The lowest BCUT2D eigenvalue weighted by Gasteiger charge is -2.37. The van der Waals surface area contributed by atoms with Crippen LogP contribution < -0.4 is 16.0 Å². The quantitative estimate of drug-likeness (QED) is 0.459. The molecule has 2 aliphatic rings. The van der Waals surface area contributed by atoms with E-state index in [0.29, 0.717) is 37.9 Å². The summed E-state index contributed by atoms with van der Waals surface area (Å²) in [5.41, 5.74) is 2.34. The minimum atomic E-state index is -0.140. The van der Waals surface area contributed by atoms with Gasteiger partial charge in [-0.05, 0) is 42.6 Å². The number of benzene rings is 1. The third kappa shape index (κ3) is 8.44. The molecule has 3 atom stereocenters. The minimum absolute atomic E-state index is 0.130. The predicted molar refractivity (Wildman–Crippen MR) is 135 cm³/mol. The van der Waals surface area contributed by atoms with Crippen LogP contribution in [0.3, 0.4) is 0 Å². The molecule has 1 heterocycles. The van der Waals surface area contributed by atoms with Gasteiger partial charge in [-0.1, -0.05) is 55.8 Å². The highest BCUT2D eigenvalue weighted by Crippen LogP contribution is 2.38. The Bertz CT molecular complexity index is 805. The summed E-state index contributed by atoms with van der Waals surface area (Å²) in [7, 11) is 0. The normalized spacial score (nSPS) is 23.3. The zero-order valence-corrected chi connectivity index (χ0v) is 21.0. The number of nitrogens with zero attached hydrogens (tertiary/aromatic N) is 1. The van der Waals surface area contributed by atoms with E-state index in [9.17, 15) is 9.59 Å². The van der Waals surface area contributed by atoms with E-state index in [2.05, 4.69) is 47.7 Å². The lowest BCUT2D eigenvalue weighted by Crippen LogP contribution is -2.42. The summed E-state index contributed by atoms with van der Waals surface area (Å²) in [6, 6.07) is 9.77. The lowest BCUT2D eigenvalue weighted by atomic mass is 9.70. The van der Waals surface area contributed by atoms with Gasteiger partial charge in [-0.25, -0.2) is 4.79 Å². The maximum Gasteiger partial charge on any atom is 0.315 e. The summed E-state index contributed by atoms with van der Waals surface area (Å²) in [5.74, 6) is 1.59. The van der Waals surface area contributed by atoms with Gasteiger partial charge in [0.1, 0.15) is 0 Å². The molecule has 3 N–H and O–H groups in total. The molecule has 188 valence electrons. The van der Waals surface area contributed by atoms with E-state index < -0.39 is 0 Å². The molecule has 0 aromatic heterocycles. The first-order chi connectivity index (χ1) is 16.4. The van der Waals surface area contributed by atoms with Gasteiger partial charge in [0.2, 0.25) is 5.91 Å². The van der Waals surface area contributed by atoms with Crippen LogP contribution in [0.4, 0.5) is 4.79 Å². The molecule has 1 aliphatic heterocycles. The number of morpholine rings is 1. The average Bonchev–Trinajstić information content (AvgIpc) is 2.84. The van der Waals surface area contributed by atoms with Crippen molar-refractivity contribution in [1.29, 1.82) is 0 Å². The van der Waals surface area contributed by atoms with E-state index in [0.717, 1.165) is 44.8 Å². The second-order valence-electron chi connectivity index (χ2n) is 9.97. The molecule has 1 aliphatic carbocycles. The molecular formula is C27H42N4O3. The summed E-state index contributed by atoms with van der Waals surface area (Å²) < 4.78 is 5.38. The molecule has 7 heteroatoms. The Kier molecular flexibility index (Phi) is 10.4. The van der Waals surface area contributed by atoms with Crippen molar-refractivity contribution < 1.29 is 14.3 Å². The number of ether oxygens (including phenoxy) is 1. The zero-order chi connectivity index (χ0) is 24.3. The molecule has 3 rings (SSSR count). The molecule has 0 saturated carbocycles. The van der Waals surface area contributed by atoms with E-state index >= 15 is 0 Å². The third-order valence-corrected chi connectivity index (χ3v) is 7.16. The van der Waals surface area contributed by atoms with E-state index in [1.54, 1.807) is 0 Å². The second-order valence-corrected chi connectivity index (χ2v) is 9.97. The number of allylic oxidation sites excluding steroid dienone is 1. The van der Waals surface area contributed by atoms with Gasteiger partial charge in [-0.3, -0.25) is 9.69 Å². The van der Waals surface area contributed by atoms with Gasteiger partial charge in [0.25, 0.3) is 0 Å². The minimum Gasteiger partial charge on any atom is -0.379 e. The van der Waals surface area contributed by atoms with Crippen LogP contribution in [-0.4, -0.2) is 62.8 Å². The van der Waals surface area contributed by atoms with E-state index in [1.165, 1.54) is 5.57 Å². The number of hydrogen-bond donors (Lipinski definition) is 3. The maximum absolute atomic E-state index is 12.6. The van der Waals surface area contributed by atoms with Gasteiger partial charge >= 0.3 is 6.03 Å². The summed E-state index contributed by atoms with van der Waals surface area (Å²) >= 11 is 0. The maximum atomic E-state index is 12.6. The smallest absolute Gasteiger partial charge is 0.315 e. The van der Waals surface area contributed by atoms with Crippen LogP contribution in [0.25, 0.3) is 0 Å². The summed E-state index contributed by atoms with van der Waals surface area (Å²) in [6.45, 7) is 12.7. The van der Waals surface area contributed by atoms with Gasteiger partial charge < -0.3 is 20.7 Å². The average molecular weight is 471 g/mol. The topological polar surface area (TPSA) is 82.7 Å². The largest absolute Gasteiger partial charge is 0.379 e. The van der Waals surface area contributed by atoms with Crippen molar-refractivity contribution in [3.8, 4) is 0 Å². The van der Waals surface area contributed by atoms with Crippen molar-refractivity contribution in [1.82, 2.24) is 20.9 Å². The van der Waals surface area contributed by atoms with Crippen molar-refractivity contribution in [2.45, 2.75) is 40.2 Å². The Hall–Kier alpha value is -2.38. The number of carbonyl (C=O) groups excluding carboxylic acids is 2. The van der Waals surface area contributed by atoms with Gasteiger partial charge in [0, 0.05) is 45.7 Å². The fourth-order valence-corrected chi connectivity index (χ4v) is 5.03. The monoisotopic (exact) mass is 470 g/mol. The molecule has 34 heavy (non-hydrogen) atoms. The number of nitrogens with one attached hydrogen (secondary N) is 3. The van der Waals surface area contributed by atoms with Gasteiger partial charge in [-0.15, -0.1) is 0 Å². The van der Waals surface area contributed by atoms with Crippen molar-refractivity contribution in [3.63, 3.8) is 0 Å². The van der Waals surface area contributed by atoms with Crippen LogP contribution in [0.1, 0.15) is 39.2 Å². The molecule has 3 amide bonds. The zero-order valence-electron chi connectivity index (χ0n) is 21.0. The summed E-state index contributed by atoms with van der Waals surface area (Å²) in [6.07, 6.45) is 3.80. The molecule has 1 saturated heterocycles. The van der Waals surface area contributed by atoms with Crippen molar-refractivity contribution in [2.75, 3.05) is 45.9 Å². The van der Waals surface area contributed by atoms with Crippen LogP contribution in [-0.2, 0) is 16.1 Å². The van der Waals surface area contributed by atoms with Crippen LogP contribution in [0.15, 0.2) is 42.0 Å². The highest BCUT2D eigenvalue weighted by molar-refractivity contribution is 5.76. The number of urea groups is 1. The van der Waals surface area contributed by atoms with Crippen molar-refractivity contribution in [2.24, 2.45) is 23.7 Å². The van der Waals surface area contributed by atoms with Crippen molar-refractivity contribution in [3.05, 3.63) is 47.5 Å². The first-order valence-electron chi connectivity index (χ1n) is 12.7. The van der Waals surface area contributed by atoms with E-state index in [1.807, 2.05) is 30.3 Å². The Balaban J connectivity index is 1.44. The molecule has 7 nitrogen and oxygen atoms in total. The van der Waals surface area contributed by atoms with Crippen LogP contribution in [0, 0.1) is 23.7 Å². The molecule has 1 fully saturated rings. The van der Waals surface area contributed by atoms with E-state index in [-0.39, 0.29) is 23.8 Å². The van der Waals surface area contributed by atoms with Gasteiger partial charge in [0.15, 0.2) is 0 Å². The summed E-state index contributed by atoms with van der Waals surface area (Å²) in [5, 5.41) is 9.10. The highest BCUT2D eigenvalue weighted by atomic mass is 16.5.